The molecule has 2 rings (SSSR count). The van der Waals surface area contributed by atoms with Crippen LogP contribution in [0.25, 0.3) is 0 Å². The summed E-state index contributed by atoms with van der Waals surface area (Å²) >= 11 is 5.87. The lowest BCUT2D eigenvalue weighted by molar-refractivity contribution is 0.306. The Kier molecular flexibility index (Phi) is 3.88. The minimum Gasteiger partial charge on any atom is -0.489 e. The normalized spacial score (nSPS) is 9.95. The summed E-state index contributed by atoms with van der Waals surface area (Å²) in [7, 11) is 0. The molecule has 0 aromatic heterocycles. The van der Waals surface area contributed by atoms with Gasteiger partial charge in [-0.3, -0.25) is 0 Å². The van der Waals surface area contributed by atoms with Gasteiger partial charge < -0.3 is 10.5 Å². The van der Waals surface area contributed by atoms with Gasteiger partial charge in [-0.05, 0) is 29.8 Å². The number of hydrogen-bond donors (Lipinski definition) is 1. The van der Waals surface area contributed by atoms with Gasteiger partial charge in [0, 0.05) is 6.07 Å². The van der Waals surface area contributed by atoms with E-state index in [0.717, 1.165) is 0 Å². The van der Waals surface area contributed by atoms with E-state index in [4.69, 9.17) is 27.3 Å². The van der Waals surface area contributed by atoms with E-state index in [-0.39, 0.29) is 12.2 Å². The van der Waals surface area contributed by atoms with Crippen LogP contribution in [0.1, 0.15) is 11.1 Å². The van der Waals surface area contributed by atoms with Gasteiger partial charge in [0.2, 0.25) is 0 Å². The Morgan fingerprint density at radius 3 is 2.74 bits per heavy atom. The number of ether oxygens (including phenoxy) is 1. The Morgan fingerprint density at radius 1 is 1.26 bits per heavy atom. The summed E-state index contributed by atoms with van der Waals surface area (Å²) < 4.78 is 18.6. The lowest BCUT2D eigenvalue weighted by Gasteiger charge is -2.08. The molecule has 0 spiro atoms. The number of nitrogens with zero attached hydrogens (tertiary/aromatic N) is 1. The highest BCUT2D eigenvalue weighted by Gasteiger charge is 2.04. The van der Waals surface area contributed by atoms with Crippen molar-refractivity contribution in [2.75, 3.05) is 5.73 Å². The zero-order valence-electron chi connectivity index (χ0n) is 9.86. The molecule has 0 aliphatic rings. The highest BCUT2D eigenvalue weighted by atomic mass is 35.5. The number of nitrogens with two attached hydrogens (primary N) is 1. The molecule has 0 radical (unpaired) electrons. The van der Waals surface area contributed by atoms with Crippen LogP contribution in [0, 0.1) is 17.1 Å². The Balaban J connectivity index is 2.10. The lowest BCUT2D eigenvalue weighted by Crippen LogP contribution is -1.97. The first-order chi connectivity index (χ1) is 9.10. The molecule has 0 amide bonds. The van der Waals surface area contributed by atoms with Crippen LogP contribution in [0.5, 0.6) is 5.75 Å². The lowest BCUT2D eigenvalue weighted by atomic mass is 10.1. The van der Waals surface area contributed by atoms with E-state index in [0.29, 0.717) is 22.0 Å². The van der Waals surface area contributed by atoms with E-state index < -0.39 is 5.82 Å². The topological polar surface area (TPSA) is 59.0 Å². The van der Waals surface area contributed by atoms with Crippen LogP contribution in [0.15, 0.2) is 36.4 Å². The van der Waals surface area contributed by atoms with Gasteiger partial charge in [0.15, 0.2) is 0 Å². The highest BCUT2D eigenvalue weighted by Crippen LogP contribution is 2.24. The van der Waals surface area contributed by atoms with Crippen LogP contribution < -0.4 is 10.5 Å². The summed E-state index contributed by atoms with van der Waals surface area (Å²) in [5.41, 5.74) is 6.76. The molecule has 0 aliphatic carbocycles. The molecule has 2 aromatic rings. The molecule has 0 heterocycles. The van der Waals surface area contributed by atoms with Crippen LogP contribution in [0.3, 0.4) is 0 Å². The van der Waals surface area contributed by atoms with Crippen molar-refractivity contribution < 1.29 is 9.13 Å². The fourth-order valence-corrected chi connectivity index (χ4v) is 1.68. The zero-order chi connectivity index (χ0) is 13.8. The van der Waals surface area contributed by atoms with Crippen molar-refractivity contribution in [3.05, 3.63) is 58.4 Å². The molecule has 0 bridgehead atoms. The second-order valence-electron chi connectivity index (χ2n) is 3.90. The van der Waals surface area contributed by atoms with E-state index in [2.05, 4.69) is 0 Å². The van der Waals surface area contributed by atoms with Crippen LogP contribution in [-0.2, 0) is 6.61 Å². The van der Waals surface area contributed by atoms with Crippen LogP contribution in [0.4, 0.5) is 10.1 Å². The minimum atomic E-state index is -0.540. The molecular formula is C14H10ClFN2O. The van der Waals surface area contributed by atoms with E-state index in [1.165, 1.54) is 12.1 Å². The second kappa shape index (κ2) is 5.59. The van der Waals surface area contributed by atoms with E-state index >= 15 is 0 Å². The average molecular weight is 277 g/mol. The van der Waals surface area contributed by atoms with Crippen molar-refractivity contribution >= 4 is 17.3 Å². The maximum atomic E-state index is 13.1. The zero-order valence-corrected chi connectivity index (χ0v) is 10.6. The van der Waals surface area contributed by atoms with Crippen LogP contribution in [-0.4, -0.2) is 0 Å². The van der Waals surface area contributed by atoms with Crippen molar-refractivity contribution in [2.24, 2.45) is 0 Å². The molecule has 0 saturated heterocycles. The molecule has 5 heteroatoms. The van der Waals surface area contributed by atoms with Gasteiger partial charge in [-0.15, -0.1) is 0 Å². The molecule has 0 saturated carbocycles. The second-order valence-corrected chi connectivity index (χ2v) is 4.31. The number of hydrogen-bond acceptors (Lipinski definition) is 3. The fraction of sp³-hybridized carbons (Fsp3) is 0.0714. The van der Waals surface area contributed by atoms with Gasteiger partial charge in [-0.2, -0.15) is 5.26 Å². The van der Waals surface area contributed by atoms with Crippen molar-refractivity contribution in [2.45, 2.75) is 6.61 Å². The molecule has 0 aliphatic heterocycles. The highest BCUT2D eigenvalue weighted by molar-refractivity contribution is 6.33. The monoisotopic (exact) mass is 276 g/mol. The summed E-state index contributed by atoms with van der Waals surface area (Å²) in [4.78, 5) is 0. The number of benzene rings is 2. The summed E-state index contributed by atoms with van der Waals surface area (Å²) in [5.74, 6) is 0.0174. The molecule has 2 aromatic carbocycles. The number of nitriles is 1. The third-order valence-electron chi connectivity index (χ3n) is 2.53. The summed E-state index contributed by atoms with van der Waals surface area (Å²) in [6.07, 6.45) is 0. The first kappa shape index (κ1) is 13.2. The fourth-order valence-electron chi connectivity index (χ4n) is 1.51. The minimum absolute atomic E-state index is 0.00330. The number of anilines is 1. The number of halogens is 2. The smallest absolute Gasteiger partial charge is 0.140 e. The first-order valence-electron chi connectivity index (χ1n) is 5.46. The van der Waals surface area contributed by atoms with Crippen molar-refractivity contribution in [3.8, 4) is 11.8 Å². The maximum Gasteiger partial charge on any atom is 0.140 e. The van der Waals surface area contributed by atoms with Crippen LogP contribution in [0.2, 0.25) is 5.02 Å². The summed E-state index contributed by atoms with van der Waals surface area (Å²) in [6.45, 7) is 0.217. The Bertz CT molecular complexity index is 652. The predicted octanol–water partition coefficient (Wildman–Crippen LogP) is 3.51. The van der Waals surface area contributed by atoms with E-state index in [1.54, 1.807) is 30.3 Å². The molecule has 3 nitrogen and oxygen atoms in total. The Morgan fingerprint density at radius 2 is 2.05 bits per heavy atom. The molecule has 2 N–H and O–H groups in total. The van der Waals surface area contributed by atoms with Crippen LogP contribution >= 0.6 is 11.6 Å². The number of rotatable bonds is 3. The van der Waals surface area contributed by atoms with Crippen molar-refractivity contribution in [3.63, 3.8) is 0 Å². The van der Waals surface area contributed by atoms with Gasteiger partial charge in [0.1, 0.15) is 24.2 Å². The van der Waals surface area contributed by atoms with Crippen molar-refractivity contribution in [1.82, 2.24) is 0 Å². The molecular weight excluding hydrogens is 267 g/mol. The summed E-state index contributed by atoms with van der Waals surface area (Å²) in [5, 5.41) is 9.14. The quantitative estimate of drug-likeness (QED) is 0.873. The number of nitrogen functional groups attached to an aromatic ring is 1. The van der Waals surface area contributed by atoms with Gasteiger partial charge in [-0.1, -0.05) is 17.7 Å². The van der Waals surface area contributed by atoms with Crippen molar-refractivity contribution in [1.29, 1.82) is 5.26 Å². The third kappa shape index (κ3) is 3.15. The van der Waals surface area contributed by atoms with Gasteiger partial charge in [-0.25, -0.2) is 4.39 Å². The molecule has 0 atom stereocenters. The average Bonchev–Trinajstić information content (AvgIpc) is 2.41. The largest absolute Gasteiger partial charge is 0.489 e. The summed E-state index contributed by atoms with van der Waals surface area (Å²) in [6, 6.07) is 11.0. The molecule has 0 unspecified atom stereocenters. The molecule has 96 valence electrons. The van der Waals surface area contributed by atoms with E-state index in [9.17, 15) is 4.39 Å². The third-order valence-corrected chi connectivity index (χ3v) is 2.86. The predicted molar refractivity (Wildman–Crippen MR) is 71.3 cm³/mol. The Hall–Kier alpha value is -2.25. The SMILES string of the molecule is N#Cc1cc(COc2ccc(N)c(Cl)c2)ccc1F. The molecule has 19 heavy (non-hydrogen) atoms. The maximum absolute atomic E-state index is 13.1. The van der Waals surface area contributed by atoms with Gasteiger partial charge in [0.25, 0.3) is 0 Å². The molecule has 0 fully saturated rings. The Labute approximate surface area is 115 Å². The van der Waals surface area contributed by atoms with E-state index in [1.807, 2.05) is 0 Å². The standard InChI is InChI=1S/C14H10ClFN2O/c15-12-6-11(2-4-14(12)18)19-8-9-1-3-13(16)10(5-9)7-17/h1-6H,8,18H2. The van der Waals surface area contributed by atoms with Gasteiger partial charge >= 0.3 is 0 Å². The first-order valence-corrected chi connectivity index (χ1v) is 5.84. The van der Waals surface area contributed by atoms with Gasteiger partial charge in [0.05, 0.1) is 16.3 Å².